The van der Waals surface area contributed by atoms with Gasteiger partial charge in [0, 0.05) is 23.1 Å². The van der Waals surface area contributed by atoms with Crippen molar-refractivity contribution in [3.8, 4) is 0 Å². The molecule has 23 heavy (non-hydrogen) atoms. The van der Waals surface area contributed by atoms with Crippen LogP contribution in [-0.2, 0) is 11.2 Å². The predicted octanol–water partition coefficient (Wildman–Crippen LogP) is 4.22. The van der Waals surface area contributed by atoms with E-state index in [0.29, 0.717) is 18.4 Å². The summed E-state index contributed by atoms with van der Waals surface area (Å²) >= 11 is 0. The SMILES string of the molecule is O=Cc1ccc(CCC(=O)Nc2cccc3ccccc23)cc1. The monoisotopic (exact) mass is 303 g/mol. The van der Waals surface area contributed by atoms with Crippen LogP contribution in [0, 0.1) is 0 Å². The zero-order valence-electron chi connectivity index (χ0n) is 12.7. The molecular weight excluding hydrogens is 286 g/mol. The van der Waals surface area contributed by atoms with Gasteiger partial charge in [-0.25, -0.2) is 0 Å². The minimum absolute atomic E-state index is 0.0131. The normalized spacial score (nSPS) is 10.4. The Bertz CT molecular complexity index is 832. The second kappa shape index (κ2) is 6.88. The van der Waals surface area contributed by atoms with Gasteiger partial charge in [0.15, 0.2) is 0 Å². The summed E-state index contributed by atoms with van der Waals surface area (Å²) in [5.41, 5.74) is 2.53. The molecule has 0 bridgehead atoms. The number of aryl methyl sites for hydroxylation is 1. The van der Waals surface area contributed by atoms with E-state index >= 15 is 0 Å². The summed E-state index contributed by atoms with van der Waals surface area (Å²) in [4.78, 5) is 22.8. The Labute approximate surface area is 135 Å². The standard InChI is InChI=1S/C20H17NO2/c22-14-16-10-8-15(9-11-16)12-13-20(23)21-19-7-3-5-17-4-1-2-6-18(17)19/h1-11,14H,12-13H2,(H,21,23). The maximum Gasteiger partial charge on any atom is 0.224 e. The highest BCUT2D eigenvalue weighted by Gasteiger charge is 2.06. The van der Waals surface area contributed by atoms with E-state index in [1.54, 1.807) is 12.1 Å². The summed E-state index contributed by atoms with van der Waals surface area (Å²) in [5, 5.41) is 5.13. The lowest BCUT2D eigenvalue weighted by molar-refractivity contribution is -0.116. The van der Waals surface area contributed by atoms with E-state index in [2.05, 4.69) is 5.32 Å². The minimum atomic E-state index is -0.0131. The maximum atomic E-state index is 12.2. The number of nitrogens with one attached hydrogen (secondary N) is 1. The first-order valence-electron chi connectivity index (χ1n) is 7.58. The Hall–Kier alpha value is -2.94. The smallest absolute Gasteiger partial charge is 0.224 e. The molecule has 3 heteroatoms. The third-order valence-electron chi connectivity index (χ3n) is 3.82. The number of hydrogen-bond acceptors (Lipinski definition) is 2. The van der Waals surface area contributed by atoms with Gasteiger partial charge in [0.05, 0.1) is 0 Å². The topological polar surface area (TPSA) is 46.2 Å². The summed E-state index contributed by atoms with van der Waals surface area (Å²) in [6.45, 7) is 0. The van der Waals surface area contributed by atoms with Crippen molar-refractivity contribution in [2.45, 2.75) is 12.8 Å². The van der Waals surface area contributed by atoms with Gasteiger partial charge in [-0.05, 0) is 23.4 Å². The first-order chi connectivity index (χ1) is 11.3. The zero-order valence-corrected chi connectivity index (χ0v) is 12.7. The molecule has 0 aromatic heterocycles. The van der Waals surface area contributed by atoms with E-state index in [4.69, 9.17) is 0 Å². The molecular formula is C20H17NO2. The Morgan fingerprint density at radius 3 is 2.43 bits per heavy atom. The largest absolute Gasteiger partial charge is 0.326 e. The molecule has 0 heterocycles. The number of amides is 1. The third kappa shape index (κ3) is 3.64. The van der Waals surface area contributed by atoms with Crippen LogP contribution in [0.2, 0.25) is 0 Å². The van der Waals surface area contributed by atoms with Crippen LogP contribution in [0.3, 0.4) is 0 Å². The van der Waals surface area contributed by atoms with E-state index in [1.165, 1.54) is 0 Å². The summed E-state index contributed by atoms with van der Waals surface area (Å²) < 4.78 is 0. The van der Waals surface area contributed by atoms with Gasteiger partial charge in [-0.15, -0.1) is 0 Å². The van der Waals surface area contributed by atoms with Crippen LogP contribution in [0.1, 0.15) is 22.3 Å². The average Bonchev–Trinajstić information content (AvgIpc) is 2.61. The maximum absolute atomic E-state index is 12.2. The highest BCUT2D eigenvalue weighted by molar-refractivity contribution is 6.02. The van der Waals surface area contributed by atoms with Gasteiger partial charge in [-0.3, -0.25) is 9.59 Å². The number of carbonyl (C=O) groups excluding carboxylic acids is 2. The number of anilines is 1. The van der Waals surface area contributed by atoms with Gasteiger partial charge in [0.2, 0.25) is 5.91 Å². The Morgan fingerprint density at radius 2 is 1.65 bits per heavy atom. The van der Waals surface area contributed by atoms with Crippen molar-refractivity contribution in [1.82, 2.24) is 0 Å². The van der Waals surface area contributed by atoms with Crippen molar-refractivity contribution in [2.24, 2.45) is 0 Å². The number of fused-ring (bicyclic) bond motifs is 1. The van der Waals surface area contributed by atoms with Crippen LogP contribution >= 0.6 is 0 Å². The van der Waals surface area contributed by atoms with E-state index in [0.717, 1.165) is 28.3 Å². The molecule has 1 N–H and O–H groups in total. The Kier molecular flexibility index (Phi) is 4.48. The molecule has 0 fully saturated rings. The van der Waals surface area contributed by atoms with E-state index < -0.39 is 0 Å². The lowest BCUT2D eigenvalue weighted by Gasteiger charge is -2.09. The minimum Gasteiger partial charge on any atom is -0.326 e. The Balaban J connectivity index is 1.65. The quantitative estimate of drug-likeness (QED) is 0.717. The summed E-state index contributed by atoms with van der Waals surface area (Å²) in [7, 11) is 0. The van der Waals surface area contributed by atoms with E-state index in [1.807, 2.05) is 54.6 Å². The number of benzene rings is 3. The highest BCUT2D eigenvalue weighted by atomic mass is 16.1. The molecule has 0 spiro atoms. The van der Waals surface area contributed by atoms with Crippen molar-refractivity contribution < 1.29 is 9.59 Å². The summed E-state index contributed by atoms with van der Waals surface area (Å²) in [5.74, 6) is -0.0131. The second-order valence-electron chi connectivity index (χ2n) is 5.43. The van der Waals surface area contributed by atoms with Gasteiger partial charge in [-0.1, -0.05) is 60.7 Å². The third-order valence-corrected chi connectivity index (χ3v) is 3.82. The molecule has 0 aliphatic rings. The van der Waals surface area contributed by atoms with Crippen molar-refractivity contribution in [1.29, 1.82) is 0 Å². The van der Waals surface area contributed by atoms with Gasteiger partial charge < -0.3 is 5.32 Å². The first kappa shape index (κ1) is 15.0. The molecule has 0 saturated carbocycles. The second-order valence-corrected chi connectivity index (χ2v) is 5.43. The van der Waals surface area contributed by atoms with Gasteiger partial charge >= 0.3 is 0 Å². The van der Waals surface area contributed by atoms with E-state index in [-0.39, 0.29) is 5.91 Å². The molecule has 1 amide bonds. The molecule has 3 rings (SSSR count). The zero-order chi connectivity index (χ0) is 16.1. The summed E-state index contributed by atoms with van der Waals surface area (Å²) in [6.07, 6.45) is 1.87. The molecule has 3 aromatic rings. The number of hydrogen-bond donors (Lipinski definition) is 1. The molecule has 0 aliphatic heterocycles. The molecule has 0 atom stereocenters. The number of aldehydes is 1. The van der Waals surface area contributed by atoms with Crippen LogP contribution in [0.25, 0.3) is 10.8 Å². The lowest BCUT2D eigenvalue weighted by Crippen LogP contribution is -2.12. The van der Waals surface area contributed by atoms with Crippen LogP contribution in [0.5, 0.6) is 0 Å². The molecule has 114 valence electrons. The summed E-state index contributed by atoms with van der Waals surface area (Å²) in [6, 6.07) is 21.2. The van der Waals surface area contributed by atoms with Gasteiger partial charge in [-0.2, -0.15) is 0 Å². The fourth-order valence-corrected chi connectivity index (χ4v) is 2.57. The molecule has 0 unspecified atom stereocenters. The first-order valence-corrected chi connectivity index (χ1v) is 7.58. The highest BCUT2D eigenvalue weighted by Crippen LogP contribution is 2.23. The fraction of sp³-hybridized carbons (Fsp3) is 0.100. The van der Waals surface area contributed by atoms with Crippen molar-refractivity contribution in [3.63, 3.8) is 0 Å². The van der Waals surface area contributed by atoms with Gasteiger partial charge in [0.1, 0.15) is 6.29 Å². The van der Waals surface area contributed by atoms with Gasteiger partial charge in [0.25, 0.3) is 0 Å². The lowest BCUT2D eigenvalue weighted by atomic mass is 10.1. The molecule has 0 radical (unpaired) electrons. The van der Waals surface area contributed by atoms with Crippen LogP contribution < -0.4 is 5.32 Å². The molecule has 3 nitrogen and oxygen atoms in total. The fourth-order valence-electron chi connectivity index (χ4n) is 2.57. The molecule has 0 aliphatic carbocycles. The van der Waals surface area contributed by atoms with E-state index in [9.17, 15) is 9.59 Å². The predicted molar refractivity (Wildman–Crippen MR) is 92.7 cm³/mol. The van der Waals surface area contributed by atoms with Crippen LogP contribution in [0.15, 0.2) is 66.7 Å². The van der Waals surface area contributed by atoms with Crippen molar-refractivity contribution >= 4 is 28.7 Å². The van der Waals surface area contributed by atoms with Crippen LogP contribution in [0.4, 0.5) is 5.69 Å². The molecule has 0 saturated heterocycles. The van der Waals surface area contributed by atoms with Crippen molar-refractivity contribution in [2.75, 3.05) is 5.32 Å². The number of carbonyl (C=O) groups is 2. The van der Waals surface area contributed by atoms with Crippen molar-refractivity contribution in [3.05, 3.63) is 77.9 Å². The number of rotatable bonds is 5. The average molecular weight is 303 g/mol. The van der Waals surface area contributed by atoms with Crippen LogP contribution in [-0.4, -0.2) is 12.2 Å². The Morgan fingerprint density at radius 1 is 0.913 bits per heavy atom. The molecule has 3 aromatic carbocycles.